The van der Waals surface area contributed by atoms with Gasteiger partial charge in [0.15, 0.2) is 0 Å². The molecule has 0 unspecified atom stereocenters. The first kappa shape index (κ1) is 14.6. The Morgan fingerprint density at radius 3 is 2.83 bits per heavy atom. The zero-order valence-electron chi connectivity index (χ0n) is 10.4. The van der Waals surface area contributed by atoms with E-state index in [1.54, 1.807) is 17.8 Å². The molecule has 1 heterocycles. The number of aromatic nitrogens is 2. The average molecular weight is 271 g/mol. The number of rotatable bonds is 7. The Morgan fingerprint density at radius 2 is 2.33 bits per heavy atom. The summed E-state index contributed by atoms with van der Waals surface area (Å²) in [7, 11) is 0. The Balaban J connectivity index is 2.48. The molecule has 0 aliphatic carbocycles. The van der Waals surface area contributed by atoms with Crippen LogP contribution in [0, 0.1) is 6.92 Å². The van der Waals surface area contributed by atoms with E-state index in [0.29, 0.717) is 17.9 Å². The summed E-state index contributed by atoms with van der Waals surface area (Å²) in [6.45, 7) is 1.84. The lowest BCUT2D eigenvalue weighted by Crippen LogP contribution is -2.41. The lowest BCUT2D eigenvalue weighted by molar-refractivity contribution is -0.141. The van der Waals surface area contributed by atoms with E-state index < -0.39 is 12.0 Å². The number of aromatic amines is 1. The highest BCUT2D eigenvalue weighted by molar-refractivity contribution is 7.98. The maximum atomic E-state index is 11.7. The number of carboxylic acid groups (broad SMARTS) is 1. The van der Waals surface area contributed by atoms with Gasteiger partial charge in [-0.3, -0.25) is 9.89 Å². The van der Waals surface area contributed by atoms with E-state index in [2.05, 4.69) is 15.5 Å². The van der Waals surface area contributed by atoms with Crippen LogP contribution >= 0.6 is 11.8 Å². The fourth-order valence-corrected chi connectivity index (χ4v) is 1.94. The third kappa shape index (κ3) is 4.79. The minimum absolute atomic E-state index is 0.0907. The van der Waals surface area contributed by atoms with Crippen molar-refractivity contribution in [2.45, 2.75) is 25.8 Å². The van der Waals surface area contributed by atoms with E-state index in [0.717, 1.165) is 5.69 Å². The molecule has 0 fully saturated rings. The van der Waals surface area contributed by atoms with Crippen LogP contribution in [0.5, 0.6) is 0 Å². The Bertz CT molecular complexity index is 419. The minimum Gasteiger partial charge on any atom is -0.480 e. The molecule has 0 bridgehead atoms. The molecule has 1 amide bonds. The van der Waals surface area contributed by atoms with Gasteiger partial charge >= 0.3 is 5.97 Å². The van der Waals surface area contributed by atoms with E-state index in [-0.39, 0.29) is 12.3 Å². The Hall–Kier alpha value is -1.50. The van der Waals surface area contributed by atoms with Crippen LogP contribution < -0.4 is 5.32 Å². The van der Waals surface area contributed by atoms with Crippen LogP contribution in [-0.4, -0.2) is 45.2 Å². The topological polar surface area (TPSA) is 95.1 Å². The van der Waals surface area contributed by atoms with Crippen molar-refractivity contribution in [3.05, 3.63) is 17.5 Å². The predicted molar refractivity (Wildman–Crippen MR) is 69.6 cm³/mol. The number of aliphatic carboxylic acids is 1. The van der Waals surface area contributed by atoms with Gasteiger partial charge in [-0.1, -0.05) is 0 Å². The van der Waals surface area contributed by atoms with Gasteiger partial charge in [0.05, 0.1) is 12.1 Å². The van der Waals surface area contributed by atoms with Gasteiger partial charge in [0.1, 0.15) is 6.04 Å². The lowest BCUT2D eigenvalue weighted by Gasteiger charge is -2.13. The fraction of sp³-hybridized carbons (Fsp3) is 0.545. The van der Waals surface area contributed by atoms with Crippen LogP contribution in [0.4, 0.5) is 0 Å². The standard InChI is InChI=1S/C11H17N3O3S/c1-7-5-8(14-13-7)6-10(15)12-9(11(16)17)3-4-18-2/h5,9H,3-4,6H2,1-2H3,(H,12,15)(H,13,14)(H,16,17)/t9-/m0/s1. The predicted octanol–water partition coefficient (Wildman–Crippen LogP) is 0.583. The minimum atomic E-state index is -1.00. The van der Waals surface area contributed by atoms with Gasteiger partial charge in [-0.15, -0.1) is 0 Å². The van der Waals surface area contributed by atoms with Gasteiger partial charge in [-0.25, -0.2) is 4.79 Å². The number of carbonyl (C=O) groups excluding carboxylic acids is 1. The number of nitrogens with one attached hydrogen (secondary N) is 2. The third-order valence-corrected chi connectivity index (χ3v) is 2.99. The molecule has 0 saturated heterocycles. The summed E-state index contributed by atoms with van der Waals surface area (Å²) >= 11 is 1.55. The van der Waals surface area contributed by atoms with Gasteiger partial charge in [0, 0.05) is 5.69 Å². The monoisotopic (exact) mass is 271 g/mol. The summed E-state index contributed by atoms with van der Waals surface area (Å²) in [6, 6.07) is 0.932. The number of H-pyrrole nitrogens is 1. The van der Waals surface area contributed by atoms with Crippen LogP contribution in [0.3, 0.4) is 0 Å². The molecule has 0 radical (unpaired) electrons. The number of carboxylic acids is 1. The van der Waals surface area contributed by atoms with Crippen molar-refractivity contribution in [3.8, 4) is 0 Å². The summed E-state index contributed by atoms with van der Waals surface area (Å²) in [6.07, 6.45) is 2.41. The molecule has 1 rings (SSSR count). The van der Waals surface area contributed by atoms with Crippen molar-refractivity contribution < 1.29 is 14.7 Å². The van der Waals surface area contributed by atoms with E-state index >= 15 is 0 Å². The molecule has 0 spiro atoms. The van der Waals surface area contributed by atoms with E-state index in [9.17, 15) is 9.59 Å². The van der Waals surface area contributed by atoms with Crippen LogP contribution in [0.15, 0.2) is 6.07 Å². The first-order valence-electron chi connectivity index (χ1n) is 5.55. The normalized spacial score (nSPS) is 12.1. The highest BCUT2D eigenvalue weighted by Crippen LogP contribution is 2.03. The lowest BCUT2D eigenvalue weighted by atomic mass is 10.2. The Morgan fingerprint density at radius 1 is 1.61 bits per heavy atom. The van der Waals surface area contributed by atoms with Crippen LogP contribution in [-0.2, 0) is 16.0 Å². The van der Waals surface area contributed by atoms with Crippen molar-refractivity contribution in [2.24, 2.45) is 0 Å². The van der Waals surface area contributed by atoms with E-state index in [4.69, 9.17) is 5.11 Å². The number of nitrogens with zero attached hydrogens (tertiary/aromatic N) is 1. The molecular formula is C11H17N3O3S. The summed E-state index contributed by atoms with van der Waals surface area (Å²) < 4.78 is 0. The first-order chi connectivity index (χ1) is 8.52. The van der Waals surface area contributed by atoms with Crippen LogP contribution in [0.1, 0.15) is 17.8 Å². The number of aryl methyl sites for hydroxylation is 1. The molecule has 0 aromatic carbocycles. The molecule has 0 aliphatic heterocycles. The fourth-order valence-electron chi connectivity index (χ4n) is 1.47. The van der Waals surface area contributed by atoms with Crippen LogP contribution in [0.2, 0.25) is 0 Å². The van der Waals surface area contributed by atoms with Gasteiger partial charge in [-0.2, -0.15) is 16.9 Å². The Kier molecular flexibility index (Phi) is 5.70. The maximum absolute atomic E-state index is 11.7. The number of hydrogen-bond donors (Lipinski definition) is 3. The zero-order chi connectivity index (χ0) is 13.5. The average Bonchev–Trinajstić information content (AvgIpc) is 2.69. The molecular weight excluding hydrogens is 254 g/mol. The SMILES string of the molecule is CSCC[C@H](NC(=O)Cc1cc(C)[nH]n1)C(=O)O. The number of carbonyl (C=O) groups is 2. The second kappa shape index (κ2) is 7.05. The van der Waals surface area contributed by atoms with Gasteiger partial charge in [0.25, 0.3) is 0 Å². The first-order valence-corrected chi connectivity index (χ1v) is 6.94. The largest absolute Gasteiger partial charge is 0.480 e. The highest BCUT2D eigenvalue weighted by atomic mass is 32.2. The Labute approximate surface area is 110 Å². The maximum Gasteiger partial charge on any atom is 0.326 e. The second-order valence-electron chi connectivity index (χ2n) is 3.96. The molecule has 7 heteroatoms. The van der Waals surface area contributed by atoms with Crippen molar-refractivity contribution in [3.63, 3.8) is 0 Å². The van der Waals surface area contributed by atoms with Crippen molar-refractivity contribution in [1.82, 2.24) is 15.5 Å². The molecule has 1 aromatic heterocycles. The van der Waals surface area contributed by atoms with E-state index in [1.165, 1.54) is 0 Å². The molecule has 6 nitrogen and oxygen atoms in total. The molecule has 1 aromatic rings. The quantitative estimate of drug-likeness (QED) is 0.674. The number of thioether (sulfide) groups is 1. The zero-order valence-corrected chi connectivity index (χ0v) is 11.2. The van der Waals surface area contributed by atoms with Gasteiger partial charge < -0.3 is 10.4 Å². The second-order valence-corrected chi connectivity index (χ2v) is 4.94. The third-order valence-electron chi connectivity index (χ3n) is 2.34. The number of amides is 1. The molecule has 1 atom stereocenters. The summed E-state index contributed by atoms with van der Waals surface area (Å²) in [4.78, 5) is 22.6. The molecule has 3 N–H and O–H groups in total. The van der Waals surface area contributed by atoms with Crippen LogP contribution in [0.25, 0.3) is 0 Å². The van der Waals surface area contributed by atoms with Crippen molar-refractivity contribution in [2.75, 3.05) is 12.0 Å². The molecule has 0 aliphatic rings. The molecule has 0 saturated carbocycles. The highest BCUT2D eigenvalue weighted by Gasteiger charge is 2.19. The molecule has 18 heavy (non-hydrogen) atoms. The van der Waals surface area contributed by atoms with Gasteiger partial charge in [0.2, 0.25) is 5.91 Å². The summed E-state index contributed by atoms with van der Waals surface area (Å²) in [5, 5.41) is 18.1. The van der Waals surface area contributed by atoms with E-state index in [1.807, 2.05) is 13.2 Å². The summed E-state index contributed by atoms with van der Waals surface area (Å²) in [5.41, 5.74) is 1.48. The molecule has 100 valence electrons. The summed E-state index contributed by atoms with van der Waals surface area (Å²) in [5.74, 6) is -0.635. The number of hydrogen-bond acceptors (Lipinski definition) is 4. The van der Waals surface area contributed by atoms with Gasteiger partial charge in [-0.05, 0) is 31.4 Å². The van der Waals surface area contributed by atoms with Crippen molar-refractivity contribution in [1.29, 1.82) is 0 Å². The smallest absolute Gasteiger partial charge is 0.326 e. The van der Waals surface area contributed by atoms with Crippen molar-refractivity contribution >= 4 is 23.6 Å².